The Labute approximate surface area is 145 Å². The second kappa shape index (κ2) is 6.12. The maximum absolute atomic E-state index is 6.17. The Bertz CT molecular complexity index is 477. The molecule has 0 aliphatic carbocycles. The number of hydrogen-bond donors (Lipinski definition) is 0. The molecule has 1 heterocycles. The van der Waals surface area contributed by atoms with Crippen LogP contribution in [0.15, 0.2) is 12.1 Å². The molecular formula is C15H19Cl3S2. The van der Waals surface area contributed by atoms with Crippen molar-refractivity contribution in [1.29, 1.82) is 0 Å². The zero-order chi connectivity index (χ0) is 15.1. The lowest BCUT2D eigenvalue weighted by atomic mass is 9.83. The van der Waals surface area contributed by atoms with Crippen molar-refractivity contribution in [1.82, 2.24) is 0 Å². The minimum absolute atomic E-state index is 0.000378. The Morgan fingerprint density at radius 2 is 1.50 bits per heavy atom. The maximum atomic E-state index is 6.17. The molecule has 1 aliphatic heterocycles. The van der Waals surface area contributed by atoms with Crippen LogP contribution >= 0.6 is 58.3 Å². The quantitative estimate of drug-likeness (QED) is 0.490. The van der Waals surface area contributed by atoms with E-state index in [2.05, 4.69) is 27.7 Å². The van der Waals surface area contributed by atoms with Gasteiger partial charge in [0.25, 0.3) is 0 Å². The highest BCUT2D eigenvalue weighted by molar-refractivity contribution is 8.18. The summed E-state index contributed by atoms with van der Waals surface area (Å²) < 4.78 is -0.000378. The molecule has 1 aromatic carbocycles. The third-order valence-corrected chi connectivity index (χ3v) is 8.47. The molecule has 2 rings (SSSR count). The van der Waals surface area contributed by atoms with Crippen LogP contribution in [0.1, 0.15) is 33.3 Å². The molecule has 112 valence electrons. The third kappa shape index (κ3) is 3.57. The van der Waals surface area contributed by atoms with Crippen molar-refractivity contribution in [3.05, 3.63) is 32.8 Å². The average Bonchev–Trinajstić information content (AvgIpc) is 2.34. The summed E-state index contributed by atoms with van der Waals surface area (Å²) in [5.41, 5.74) is 1.51. The predicted octanol–water partition coefficient (Wildman–Crippen LogP) is 6.96. The summed E-state index contributed by atoms with van der Waals surface area (Å²) in [6, 6.07) is 3.90. The topological polar surface area (TPSA) is 0 Å². The normalized spacial score (nSPS) is 27.6. The van der Waals surface area contributed by atoms with Gasteiger partial charge in [0.1, 0.15) is 0 Å². The summed E-state index contributed by atoms with van der Waals surface area (Å²) in [7, 11) is 0. The SMILES string of the molecule is CC1(c2cc(Cl)c(Cl)c(Cl)c2)SCC(C(C)(C)C)CS1. The molecule has 0 atom stereocenters. The molecule has 0 saturated carbocycles. The van der Waals surface area contributed by atoms with E-state index in [1.807, 2.05) is 35.7 Å². The molecule has 0 unspecified atom stereocenters. The van der Waals surface area contributed by atoms with Crippen molar-refractivity contribution < 1.29 is 0 Å². The lowest BCUT2D eigenvalue weighted by Crippen LogP contribution is -2.32. The molecule has 0 spiro atoms. The van der Waals surface area contributed by atoms with Crippen molar-refractivity contribution in [2.45, 2.75) is 31.8 Å². The van der Waals surface area contributed by atoms with Gasteiger partial charge in [-0.25, -0.2) is 0 Å². The predicted molar refractivity (Wildman–Crippen MR) is 96.7 cm³/mol. The van der Waals surface area contributed by atoms with E-state index >= 15 is 0 Å². The van der Waals surface area contributed by atoms with Gasteiger partial charge in [-0.05, 0) is 47.5 Å². The molecule has 20 heavy (non-hydrogen) atoms. The molecule has 0 bridgehead atoms. The van der Waals surface area contributed by atoms with Gasteiger partial charge in [-0.1, -0.05) is 55.6 Å². The second-order valence-electron chi connectivity index (χ2n) is 6.38. The minimum Gasteiger partial charge on any atom is -0.139 e. The average molecular weight is 370 g/mol. The van der Waals surface area contributed by atoms with Crippen LogP contribution in [0.5, 0.6) is 0 Å². The standard InChI is InChI=1S/C15H19Cl3S2/c1-14(2,3)10-7-19-15(4,20-8-10)9-5-11(16)13(18)12(17)6-9/h5-6,10H,7-8H2,1-4H3. The maximum Gasteiger partial charge on any atom is 0.0833 e. The van der Waals surface area contributed by atoms with E-state index in [1.165, 1.54) is 0 Å². The van der Waals surface area contributed by atoms with Crippen molar-refractivity contribution in [2.24, 2.45) is 11.3 Å². The minimum atomic E-state index is -0.000378. The number of hydrogen-bond acceptors (Lipinski definition) is 2. The third-order valence-electron chi connectivity index (χ3n) is 3.85. The van der Waals surface area contributed by atoms with Crippen LogP contribution < -0.4 is 0 Å². The Hall–Kier alpha value is 0.790. The van der Waals surface area contributed by atoms with E-state index in [4.69, 9.17) is 34.8 Å². The van der Waals surface area contributed by atoms with Crippen LogP contribution in [0.25, 0.3) is 0 Å². The summed E-state index contributed by atoms with van der Waals surface area (Å²) in [4.78, 5) is 0. The van der Waals surface area contributed by atoms with Crippen LogP contribution in [0, 0.1) is 11.3 Å². The number of halogens is 3. The van der Waals surface area contributed by atoms with Gasteiger partial charge in [-0.2, -0.15) is 0 Å². The highest BCUT2D eigenvalue weighted by atomic mass is 35.5. The Balaban J connectivity index is 2.22. The summed E-state index contributed by atoms with van der Waals surface area (Å²) in [6.45, 7) is 9.20. The van der Waals surface area contributed by atoms with Gasteiger partial charge in [0.15, 0.2) is 0 Å². The molecule has 5 heteroatoms. The molecule has 1 aromatic rings. The van der Waals surface area contributed by atoms with E-state index in [9.17, 15) is 0 Å². The van der Waals surface area contributed by atoms with Gasteiger partial charge in [-0.3, -0.25) is 0 Å². The van der Waals surface area contributed by atoms with Crippen LogP contribution in [-0.2, 0) is 4.08 Å². The molecular weight excluding hydrogens is 351 g/mol. The number of rotatable bonds is 1. The first-order valence-corrected chi connectivity index (χ1v) is 9.67. The molecule has 0 N–H and O–H groups in total. The summed E-state index contributed by atoms with van der Waals surface area (Å²) in [6.07, 6.45) is 0. The zero-order valence-corrected chi connectivity index (χ0v) is 16.0. The molecule has 1 aliphatic rings. The second-order valence-corrected chi connectivity index (χ2v) is 10.7. The largest absolute Gasteiger partial charge is 0.139 e. The van der Waals surface area contributed by atoms with Gasteiger partial charge >= 0.3 is 0 Å². The first-order valence-electron chi connectivity index (χ1n) is 6.56. The molecule has 1 saturated heterocycles. The summed E-state index contributed by atoms with van der Waals surface area (Å²) in [5, 5.41) is 1.52. The monoisotopic (exact) mass is 368 g/mol. The first kappa shape index (κ1) is 17.1. The van der Waals surface area contributed by atoms with Crippen molar-refractivity contribution >= 4 is 58.3 Å². The van der Waals surface area contributed by atoms with E-state index in [0.29, 0.717) is 20.5 Å². The molecule has 0 amide bonds. The summed E-state index contributed by atoms with van der Waals surface area (Å²) >= 11 is 22.3. The van der Waals surface area contributed by atoms with E-state index < -0.39 is 0 Å². The Morgan fingerprint density at radius 3 is 1.90 bits per heavy atom. The summed E-state index contributed by atoms with van der Waals surface area (Å²) in [5.74, 6) is 3.04. The van der Waals surface area contributed by atoms with E-state index in [1.54, 1.807) is 0 Å². The lowest BCUT2D eigenvalue weighted by molar-refractivity contribution is 0.292. The molecule has 0 nitrogen and oxygen atoms in total. The molecule has 0 aromatic heterocycles. The van der Waals surface area contributed by atoms with Gasteiger partial charge in [-0.15, -0.1) is 23.5 Å². The zero-order valence-electron chi connectivity index (χ0n) is 12.1. The fraction of sp³-hybridized carbons (Fsp3) is 0.600. The van der Waals surface area contributed by atoms with E-state index in [-0.39, 0.29) is 4.08 Å². The van der Waals surface area contributed by atoms with Gasteiger partial charge in [0.05, 0.1) is 19.1 Å². The highest BCUT2D eigenvalue weighted by Gasteiger charge is 2.38. The van der Waals surface area contributed by atoms with Crippen LogP contribution in [0.3, 0.4) is 0 Å². The Kier molecular flexibility index (Phi) is 5.25. The van der Waals surface area contributed by atoms with Crippen molar-refractivity contribution in [3.8, 4) is 0 Å². The highest BCUT2D eigenvalue weighted by Crippen LogP contribution is 2.54. The fourth-order valence-electron chi connectivity index (χ4n) is 2.09. The van der Waals surface area contributed by atoms with Crippen LogP contribution in [0.2, 0.25) is 15.1 Å². The van der Waals surface area contributed by atoms with Gasteiger partial charge in [0.2, 0.25) is 0 Å². The van der Waals surface area contributed by atoms with E-state index in [0.717, 1.165) is 23.0 Å². The molecule has 1 fully saturated rings. The Morgan fingerprint density at radius 1 is 1.05 bits per heavy atom. The van der Waals surface area contributed by atoms with Gasteiger partial charge in [0, 0.05) is 0 Å². The van der Waals surface area contributed by atoms with Crippen LogP contribution in [0.4, 0.5) is 0 Å². The first-order chi connectivity index (χ1) is 9.13. The molecule has 0 radical (unpaired) electrons. The number of thioether (sulfide) groups is 2. The van der Waals surface area contributed by atoms with Gasteiger partial charge < -0.3 is 0 Å². The lowest BCUT2D eigenvalue weighted by Gasteiger charge is -2.41. The van der Waals surface area contributed by atoms with Crippen LogP contribution in [-0.4, -0.2) is 11.5 Å². The van der Waals surface area contributed by atoms with Crippen molar-refractivity contribution in [3.63, 3.8) is 0 Å². The number of benzene rings is 1. The fourth-order valence-corrected chi connectivity index (χ4v) is 6.42. The smallest absolute Gasteiger partial charge is 0.0833 e. The van der Waals surface area contributed by atoms with Crippen molar-refractivity contribution in [2.75, 3.05) is 11.5 Å².